The van der Waals surface area contributed by atoms with E-state index in [0.717, 1.165) is 49.7 Å². The lowest BCUT2D eigenvalue weighted by Crippen LogP contribution is -3.14. The Balaban J connectivity index is 1.79. The summed E-state index contributed by atoms with van der Waals surface area (Å²) in [6.45, 7) is 10.9. The molecule has 0 atom stereocenters. The van der Waals surface area contributed by atoms with Gasteiger partial charge in [0.15, 0.2) is 0 Å². The highest BCUT2D eigenvalue weighted by Crippen LogP contribution is 2.21. The first kappa shape index (κ1) is 15.8. The zero-order valence-electron chi connectivity index (χ0n) is 13.1. The molecule has 1 amide bonds. The molecule has 116 valence electrons. The van der Waals surface area contributed by atoms with Crippen LogP contribution in [0.4, 0.5) is 10.5 Å². The van der Waals surface area contributed by atoms with Gasteiger partial charge in [0.05, 0.1) is 13.2 Å². The van der Waals surface area contributed by atoms with Gasteiger partial charge in [-0.2, -0.15) is 0 Å². The Kier molecular flexibility index (Phi) is 5.59. The second-order valence-electron chi connectivity index (χ2n) is 5.65. The van der Waals surface area contributed by atoms with Crippen LogP contribution in [0.2, 0.25) is 0 Å². The summed E-state index contributed by atoms with van der Waals surface area (Å²) in [5.74, 6) is 0. The highest BCUT2D eigenvalue weighted by molar-refractivity contribution is 5.86. The van der Waals surface area contributed by atoms with Crippen LogP contribution in [0, 0.1) is 20.8 Å². The van der Waals surface area contributed by atoms with Crippen LogP contribution in [0.1, 0.15) is 16.7 Å². The monoisotopic (exact) mass is 293 g/mol. The first-order valence-electron chi connectivity index (χ1n) is 7.49. The summed E-state index contributed by atoms with van der Waals surface area (Å²) in [6.07, 6.45) is -0.377. The van der Waals surface area contributed by atoms with Gasteiger partial charge < -0.3 is 14.4 Å². The van der Waals surface area contributed by atoms with Crippen LogP contribution in [-0.2, 0) is 9.47 Å². The third-order valence-electron chi connectivity index (χ3n) is 3.79. The number of anilines is 1. The molecule has 0 saturated carbocycles. The molecule has 1 aliphatic heterocycles. The van der Waals surface area contributed by atoms with Crippen molar-refractivity contribution in [3.05, 3.63) is 28.8 Å². The average molecular weight is 293 g/mol. The third-order valence-corrected chi connectivity index (χ3v) is 3.79. The van der Waals surface area contributed by atoms with Crippen LogP contribution in [-0.4, -0.2) is 45.5 Å². The largest absolute Gasteiger partial charge is 0.443 e. The summed E-state index contributed by atoms with van der Waals surface area (Å²) in [4.78, 5) is 13.3. The van der Waals surface area contributed by atoms with Gasteiger partial charge in [0.1, 0.15) is 26.2 Å². The number of carbonyl (C=O) groups excluding carboxylic acids is 1. The summed E-state index contributed by atoms with van der Waals surface area (Å²) >= 11 is 0. The first-order chi connectivity index (χ1) is 10.1. The molecule has 1 aromatic rings. The number of rotatable bonds is 4. The Morgan fingerprint density at radius 3 is 2.48 bits per heavy atom. The Labute approximate surface area is 126 Å². The Morgan fingerprint density at radius 2 is 1.86 bits per heavy atom. The van der Waals surface area contributed by atoms with Crippen molar-refractivity contribution in [1.29, 1.82) is 0 Å². The molecule has 1 aliphatic rings. The second-order valence-corrected chi connectivity index (χ2v) is 5.65. The Hall–Kier alpha value is -1.59. The fraction of sp³-hybridized carbons (Fsp3) is 0.562. The minimum absolute atomic E-state index is 0.377. The average Bonchev–Trinajstić information content (AvgIpc) is 2.44. The molecular weight excluding hydrogens is 268 g/mol. The fourth-order valence-electron chi connectivity index (χ4n) is 2.71. The molecule has 2 N–H and O–H groups in total. The molecule has 1 heterocycles. The van der Waals surface area contributed by atoms with Gasteiger partial charge in [0.2, 0.25) is 0 Å². The molecule has 5 heteroatoms. The van der Waals surface area contributed by atoms with Gasteiger partial charge in [-0.25, -0.2) is 4.79 Å². The summed E-state index contributed by atoms with van der Waals surface area (Å²) in [6, 6.07) is 4.11. The second kappa shape index (κ2) is 7.43. The van der Waals surface area contributed by atoms with Crippen LogP contribution in [0.15, 0.2) is 12.1 Å². The van der Waals surface area contributed by atoms with E-state index in [1.807, 2.05) is 20.8 Å². The predicted molar refractivity (Wildman–Crippen MR) is 82.0 cm³/mol. The molecule has 5 nitrogen and oxygen atoms in total. The summed E-state index contributed by atoms with van der Waals surface area (Å²) in [7, 11) is 0. The lowest BCUT2D eigenvalue weighted by molar-refractivity contribution is -0.908. The summed E-state index contributed by atoms with van der Waals surface area (Å²) < 4.78 is 10.6. The molecule has 0 radical (unpaired) electrons. The van der Waals surface area contributed by atoms with Crippen molar-refractivity contribution in [3.8, 4) is 0 Å². The number of hydrogen-bond donors (Lipinski definition) is 2. The lowest BCUT2D eigenvalue weighted by Gasteiger charge is -2.23. The van der Waals surface area contributed by atoms with E-state index in [9.17, 15) is 4.79 Å². The van der Waals surface area contributed by atoms with Crippen LogP contribution in [0.3, 0.4) is 0 Å². The molecule has 1 aromatic carbocycles. The van der Waals surface area contributed by atoms with E-state index in [-0.39, 0.29) is 6.09 Å². The number of quaternary nitrogens is 1. The van der Waals surface area contributed by atoms with Crippen molar-refractivity contribution in [1.82, 2.24) is 0 Å². The van der Waals surface area contributed by atoms with Gasteiger partial charge in [-0.1, -0.05) is 17.7 Å². The maximum absolute atomic E-state index is 11.9. The maximum atomic E-state index is 11.9. The molecule has 0 aromatic heterocycles. The van der Waals surface area contributed by atoms with Gasteiger partial charge in [-0.15, -0.1) is 0 Å². The van der Waals surface area contributed by atoms with Crippen molar-refractivity contribution in [3.63, 3.8) is 0 Å². The molecule has 2 rings (SSSR count). The van der Waals surface area contributed by atoms with Crippen molar-refractivity contribution in [2.24, 2.45) is 0 Å². The number of aryl methyl sites for hydroxylation is 3. The van der Waals surface area contributed by atoms with Crippen molar-refractivity contribution < 1.29 is 19.2 Å². The predicted octanol–water partition coefficient (Wildman–Crippen LogP) is 1.08. The number of ether oxygens (including phenoxy) is 2. The highest BCUT2D eigenvalue weighted by atomic mass is 16.5. The number of carbonyl (C=O) groups is 1. The number of morpholine rings is 1. The molecule has 1 saturated heterocycles. The van der Waals surface area contributed by atoms with E-state index in [4.69, 9.17) is 9.47 Å². The smallest absolute Gasteiger partial charge is 0.411 e. The Morgan fingerprint density at radius 1 is 1.24 bits per heavy atom. The van der Waals surface area contributed by atoms with Gasteiger partial charge in [-0.3, -0.25) is 5.32 Å². The summed E-state index contributed by atoms with van der Waals surface area (Å²) in [5.41, 5.74) is 4.16. The minimum atomic E-state index is -0.377. The standard InChI is InChI=1S/C16H24N2O3/c1-12-10-13(2)15(14(3)11-12)17-16(19)21-9-6-18-4-7-20-8-5-18/h10-11H,4-9H2,1-3H3,(H,17,19)/p+1. The molecule has 21 heavy (non-hydrogen) atoms. The van der Waals surface area contributed by atoms with Crippen molar-refractivity contribution in [2.75, 3.05) is 44.8 Å². The van der Waals surface area contributed by atoms with Gasteiger partial charge in [0, 0.05) is 5.69 Å². The quantitative estimate of drug-likeness (QED) is 0.873. The molecular formula is C16H25N2O3+. The highest BCUT2D eigenvalue weighted by Gasteiger charge is 2.14. The van der Waals surface area contributed by atoms with Crippen molar-refractivity contribution in [2.45, 2.75) is 20.8 Å². The van der Waals surface area contributed by atoms with E-state index in [1.165, 1.54) is 10.5 Å². The van der Waals surface area contributed by atoms with Gasteiger partial charge >= 0.3 is 6.09 Å². The molecule has 0 aliphatic carbocycles. The first-order valence-corrected chi connectivity index (χ1v) is 7.49. The maximum Gasteiger partial charge on any atom is 0.411 e. The van der Waals surface area contributed by atoms with Crippen LogP contribution < -0.4 is 10.2 Å². The van der Waals surface area contributed by atoms with E-state index in [2.05, 4.69) is 17.4 Å². The van der Waals surface area contributed by atoms with Crippen molar-refractivity contribution >= 4 is 11.8 Å². The minimum Gasteiger partial charge on any atom is -0.443 e. The zero-order valence-corrected chi connectivity index (χ0v) is 13.1. The van der Waals surface area contributed by atoms with E-state index < -0.39 is 0 Å². The number of amides is 1. The normalized spacial score (nSPS) is 15.8. The number of benzene rings is 1. The van der Waals surface area contributed by atoms with Crippen LogP contribution in [0.5, 0.6) is 0 Å². The lowest BCUT2D eigenvalue weighted by atomic mass is 10.1. The van der Waals surface area contributed by atoms with Gasteiger partial charge in [0.25, 0.3) is 0 Å². The Bertz CT molecular complexity index is 473. The molecule has 0 unspecified atom stereocenters. The molecule has 1 fully saturated rings. The SMILES string of the molecule is Cc1cc(C)c(NC(=O)OCC[NH+]2CCOCC2)c(C)c1. The van der Waals surface area contributed by atoms with E-state index in [1.54, 1.807) is 0 Å². The van der Waals surface area contributed by atoms with Gasteiger partial charge in [-0.05, 0) is 31.9 Å². The number of nitrogens with one attached hydrogen (secondary N) is 2. The third kappa shape index (κ3) is 4.72. The fourth-order valence-corrected chi connectivity index (χ4v) is 2.71. The molecule has 0 spiro atoms. The molecule has 0 bridgehead atoms. The summed E-state index contributed by atoms with van der Waals surface area (Å²) in [5, 5.41) is 2.85. The topological polar surface area (TPSA) is 52.0 Å². The van der Waals surface area contributed by atoms with Crippen LogP contribution in [0.25, 0.3) is 0 Å². The van der Waals surface area contributed by atoms with E-state index in [0.29, 0.717) is 6.61 Å². The zero-order chi connectivity index (χ0) is 15.2. The number of hydrogen-bond acceptors (Lipinski definition) is 3. The van der Waals surface area contributed by atoms with Crippen LogP contribution >= 0.6 is 0 Å². The van der Waals surface area contributed by atoms with E-state index >= 15 is 0 Å².